The fourth-order valence-electron chi connectivity index (χ4n) is 2.58. The van der Waals surface area contributed by atoms with Crippen molar-refractivity contribution in [3.8, 4) is 0 Å². The lowest BCUT2D eigenvalue weighted by Gasteiger charge is -2.17. The minimum absolute atomic E-state index is 0. The number of halogens is 1. The Kier molecular flexibility index (Phi) is 7.89. The minimum Gasteiger partial charge on any atom is -0.356 e. The lowest BCUT2D eigenvalue weighted by Crippen LogP contribution is -2.43. The zero-order chi connectivity index (χ0) is 16.8. The fourth-order valence-corrected chi connectivity index (χ4v) is 3.29. The summed E-state index contributed by atoms with van der Waals surface area (Å²) in [5, 5.41) is 17.3. The maximum atomic E-state index is 4.70. The van der Waals surface area contributed by atoms with Gasteiger partial charge in [-0.3, -0.25) is 0 Å². The van der Waals surface area contributed by atoms with E-state index >= 15 is 0 Å². The molecule has 0 saturated carbocycles. The van der Waals surface area contributed by atoms with Crippen molar-refractivity contribution in [2.24, 2.45) is 12.0 Å². The van der Waals surface area contributed by atoms with Crippen LogP contribution in [0.4, 0.5) is 0 Å². The summed E-state index contributed by atoms with van der Waals surface area (Å²) >= 11 is 1.79. The molecule has 3 rings (SSSR count). The van der Waals surface area contributed by atoms with Gasteiger partial charge in [0.25, 0.3) is 0 Å². The molecule has 0 spiro atoms. The van der Waals surface area contributed by atoms with Gasteiger partial charge in [-0.2, -0.15) is 0 Å². The quantitative estimate of drug-likeness (QED) is 0.294. The Hall–Kier alpha value is -1.42. The van der Waals surface area contributed by atoms with Gasteiger partial charge in [0.05, 0.1) is 0 Å². The van der Waals surface area contributed by atoms with Gasteiger partial charge in [-0.1, -0.05) is 18.2 Å². The molecule has 0 bridgehead atoms. The van der Waals surface area contributed by atoms with Crippen molar-refractivity contribution < 1.29 is 0 Å². The molecule has 136 valence electrons. The van der Waals surface area contributed by atoms with Gasteiger partial charge in [0, 0.05) is 24.5 Å². The van der Waals surface area contributed by atoms with Gasteiger partial charge in [0.15, 0.2) is 11.8 Å². The van der Waals surface area contributed by atoms with Crippen LogP contribution >= 0.6 is 35.3 Å². The number of nitrogens with zero attached hydrogens (tertiary/aromatic N) is 4. The molecule has 2 aromatic heterocycles. The highest BCUT2D eigenvalue weighted by atomic mass is 127. The van der Waals surface area contributed by atoms with Crippen LogP contribution < -0.4 is 10.6 Å². The summed E-state index contributed by atoms with van der Waals surface area (Å²) in [7, 11) is 1.97. The van der Waals surface area contributed by atoms with E-state index in [0.29, 0.717) is 12.6 Å². The first-order valence-electron chi connectivity index (χ1n) is 8.29. The number of hydrogen-bond donors (Lipinski definition) is 2. The molecular formula is C17H25IN6S. The molecule has 0 aromatic carbocycles. The van der Waals surface area contributed by atoms with Gasteiger partial charge >= 0.3 is 0 Å². The van der Waals surface area contributed by atoms with Crippen LogP contribution in [-0.2, 0) is 20.0 Å². The van der Waals surface area contributed by atoms with Crippen LogP contribution in [0, 0.1) is 6.92 Å². The van der Waals surface area contributed by atoms with E-state index in [1.165, 1.54) is 4.88 Å². The zero-order valence-corrected chi connectivity index (χ0v) is 17.8. The molecule has 25 heavy (non-hydrogen) atoms. The van der Waals surface area contributed by atoms with Crippen molar-refractivity contribution in [1.29, 1.82) is 0 Å². The Bertz CT molecular complexity index is 699. The highest BCUT2D eigenvalue weighted by Gasteiger charge is 2.12. The van der Waals surface area contributed by atoms with Gasteiger partial charge in [0.1, 0.15) is 12.4 Å². The average molecular weight is 472 g/mol. The molecule has 0 saturated heterocycles. The summed E-state index contributed by atoms with van der Waals surface area (Å²) in [4.78, 5) is 6.08. The maximum absolute atomic E-state index is 4.70. The van der Waals surface area contributed by atoms with E-state index in [2.05, 4.69) is 50.5 Å². The van der Waals surface area contributed by atoms with Crippen molar-refractivity contribution in [2.45, 2.75) is 38.8 Å². The topological polar surface area (TPSA) is 67.1 Å². The smallest absolute Gasteiger partial charge is 0.191 e. The van der Waals surface area contributed by atoms with Gasteiger partial charge in [0.2, 0.25) is 0 Å². The summed E-state index contributed by atoms with van der Waals surface area (Å²) in [5.41, 5.74) is 0. The number of rotatable bonds is 6. The Labute approximate surface area is 169 Å². The van der Waals surface area contributed by atoms with Crippen molar-refractivity contribution in [2.75, 3.05) is 6.54 Å². The van der Waals surface area contributed by atoms with Crippen molar-refractivity contribution in [3.05, 3.63) is 46.2 Å². The van der Waals surface area contributed by atoms with E-state index < -0.39 is 0 Å². The zero-order valence-electron chi connectivity index (χ0n) is 14.6. The number of nitrogens with one attached hydrogen (secondary N) is 2. The van der Waals surface area contributed by atoms with Gasteiger partial charge in [-0.05, 0) is 37.6 Å². The van der Waals surface area contributed by atoms with Crippen LogP contribution in [0.5, 0.6) is 0 Å². The van der Waals surface area contributed by atoms with Gasteiger partial charge in [-0.25, -0.2) is 4.99 Å². The Morgan fingerprint density at radius 2 is 2.16 bits per heavy atom. The average Bonchev–Trinajstić information content (AvgIpc) is 3.31. The number of hydrogen-bond acceptors (Lipinski definition) is 4. The molecule has 2 aromatic rings. The highest BCUT2D eigenvalue weighted by Crippen LogP contribution is 2.10. The summed E-state index contributed by atoms with van der Waals surface area (Å²) in [6.07, 6.45) is 7.54. The summed E-state index contributed by atoms with van der Waals surface area (Å²) in [6.45, 7) is 3.33. The van der Waals surface area contributed by atoms with Gasteiger partial charge < -0.3 is 15.2 Å². The molecule has 1 aliphatic rings. The number of guanidine groups is 1. The van der Waals surface area contributed by atoms with Crippen LogP contribution in [-0.4, -0.2) is 33.3 Å². The first-order valence-corrected chi connectivity index (χ1v) is 9.17. The van der Waals surface area contributed by atoms with Crippen LogP contribution in [0.25, 0.3) is 0 Å². The molecule has 2 heterocycles. The fraction of sp³-hybridized carbons (Fsp3) is 0.471. The predicted molar refractivity (Wildman–Crippen MR) is 114 cm³/mol. The van der Waals surface area contributed by atoms with E-state index in [1.807, 2.05) is 18.5 Å². The largest absolute Gasteiger partial charge is 0.356 e. The van der Waals surface area contributed by atoms with Crippen LogP contribution in [0.3, 0.4) is 0 Å². The summed E-state index contributed by atoms with van der Waals surface area (Å²) in [6, 6.07) is 4.69. The van der Waals surface area contributed by atoms with E-state index in [0.717, 1.165) is 43.4 Å². The molecule has 2 N–H and O–H groups in total. The third kappa shape index (κ3) is 5.81. The first-order chi connectivity index (χ1) is 11.7. The Balaban J connectivity index is 0.00000225. The molecule has 8 heteroatoms. The van der Waals surface area contributed by atoms with E-state index in [9.17, 15) is 0 Å². The molecule has 6 nitrogen and oxygen atoms in total. The molecule has 0 amide bonds. The number of thiophene rings is 1. The molecule has 0 fully saturated rings. The third-order valence-electron chi connectivity index (χ3n) is 4.15. The molecule has 0 aliphatic heterocycles. The molecular weight excluding hydrogens is 447 g/mol. The van der Waals surface area contributed by atoms with Crippen molar-refractivity contribution in [1.82, 2.24) is 25.4 Å². The lowest BCUT2D eigenvalue weighted by atomic mass is 10.2. The SMILES string of the molecule is Cc1nnc(CN=C(NCCc2cccs2)NC2CC=CC2)n1C.I. The second-order valence-electron chi connectivity index (χ2n) is 5.93. The van der Waals surface area contributed by atoms with Gasteiger partial charge in [-0.15, -0.1) is 45.5 Å². The molecule has 0 unspecified atom stereocenters. The third-order valence-corrected chi connectivity index (χ3v) is 5.09. The minimum atomic E-state index is 0. The Morgan fingerprint density at radius 1 is 1.36 bits per heavy atom. The van der Waals surface area contributed by atoms with Crippen molar-refractivity contribution in [3.63, 3.8) is 0 Å². The van der Waals surface area contributed by atoms with E-state index in [-0.39, 0.29) is 24.0 Å². The Morgan fingerprint density at radius 3 is 2.80 bits per heavy atom. The highest BCUT2D eigenvalue weighted by molar-refractivity contribution is 14.0. The van der Waals surface area contributed by atoms with E-state index in [1.54, 1.807) is 11.3 Å². The van der Waals surface area contributed by atoms with Crippen LogP contribution in [0.15, 0.2) is 34.7 Å². The molecule has 0 radical (unpaired) electrons. The summed E-state index contributed by atoms with van der Waals surface area (Å²) < 4.78 is 1.98. The second-order valence-corrected chi connectivity index (χ2v) is 6.96. The normalized spacial score (nSPS) is 14.6. The molecule has 0 atom stereocenters. The standard InChI is InChI=1S/C17H24N6S.HI/c1-13-21-22-16(23(13)2)12-19-17(20-14-6-3-4-7-14)18-10-9-15-8-5-11-24-15;/h3-5,8,11,14H,6-7,9-10,12H2,1-2H3,(H2,18,19,20);1H. The van der Waals surface area contributed by atoms with Crippen molar-refractivity contribution >= 4 is 41.3 Å². The number of aliphatic imine (C=N–C) groups is 1. The van der Waals surface area contributed by atoms with E-state index in [4.69, 9.17) is 4.99 Å². The monoisotopic (exact) mass is 472 g/mol. The summed E-state index contributed by atoms with van der Waals surface area (Å²) in [5.74, 6) is 2.62. The number of aryl methyl sites for hydroxylation is 1. The predicted octanol–water partition coefficient (Wildman–Crippen LogP) is 2.80. The van der Waals surface area contributed by atoms with Crippen LogP contribution in [0.1, 0.15) is 29.4 Å². The lowest BCUT2D eigenvalue weighted by molar-refractivity contribution is 0.628. The van der Waals surface area contributed by atoms with Crippen LogP contribution in [0.2, 0.25) is 0 Å². The maximum Gasteiger partial charge on any atom is 0.191 e. The molecule has 1 aliphatic carbocycles. The second kappa shape index (κ2) is 9.91. The number of aromatic nitrogens is 3. The first kappa shape index (κ1) is 19.9.